The summed E-state index contributed by atoms with van der Waals surface area (Å²) in [5.74, 6) is -6.32. The van der Waals surface area contributed by atoms with Crippen LogP contribution in [0.4, 0.5) is 0 Å². The molecule has 45 heteroatoms. The quantitative estimate of drug-likeness (QED) is 0.0244. The molecule has 16 unspecified atom stereocenters. The summed E-state index contributed by atoms with van der Waals surface area (Å²) in [6.07, 6.45) is -72.0. The van der Waals surface area contributed by atoms with Crippen LogP contribution in [0.2, 0.25) is 0 Å². The van der Waals surface area contributed by atoms with Gasteiger partial charge in [0.1, 0.15) is 177 Å². The van der Waals surface area contributed by atoms with Crippen LogP contribution in [-0.2, 0) is 95.0 Å². The van der Waals surface area contributed by atoms with Gasteiger partial charge in [0.05, 0.1) is 83.6 Å². The molecular weight excluding hydrogens is 1420 g/mol. The summed E-state index contributed by atoms with van der Waals surface area (Å²) < 4.78 is 94.0. The molecule has 0 radical (unpaired) electrons. The molecule has 41 atom stereocenters. The first kappa shape index (κ1) is 86.0. The minimum atomic E-state index is -2.83. The van der Waals surface area contributed by atoms with Crippen LogP contribution in [-0.4, -0.2) is 434 Å². The molecular formula is C59H99N3O42. The molecule has 8 rings (SSSR count). The maximum absolute atomic E-state index is 13.0. The molecule has 8 saturated heterocycles. The minimum absolute atomic E-state index is 0.231. The van der Waals surface area contributed by atoms with Crippen molar-refractivity contribution in [2.75, 3.05) is 52.9 Å². The van der Waals surface area contributed by atoms with Crippen molar-refractivity contribution in [3.8, 4) is 0 Å². The molecule has 45 nitrogen and oxygen atoms in total. The molecule has 8 fully saturated rings. The fourth-order valence-electron chi connectivity index (χ4n) is 13.7. The highest BCUT2D eigenvalue weighted by Gasteiger charge is 2.61. The van der Waals surface area contributed by atoms with E-state index in [-0.39, 0.29) is 6.47 Å². The number of rotatable bonds is 29. The molecule has 3 amide bonds. The zero-order valence-electron chi connectivity index (χ0n) is 56.5. The maximum Gasteiger partial charge on any atom is 0.332 e. The van der Waals surface area contributed by atoms with Crippen molar-refractivity contribution in [2.45, 2.75) is 286 Å². The largest absolute Gasteiger partial charge is 0.410 e. The number of carbonyl (C=O) groups is 4. The molecule has 0 aliphatic carbocycles. The van der Waals surface area contributed by atoms with Crippen LogP contribution in [0.3, 0.4) is 0 Å². The van der Waals surface area contributed by atoms with E-state index in [1.54, 1.807) is 0 Å². The lowest BCUT2D eigenvalue weighted by Crippen LogP contribution is -2.70. The Bertz CT molecular complexity index is 2710. The molecule has 0 saturated carbocycles. The zero-order valence-corrected chi connectivity index (χ0v) is 56.5. The van der Waals surface area contributed by atoms with E-state index in [0.717, 1.165) is 20.8 Å². The van der Waals surface area contributed by atoms with Crippen molar-refractivity contribution in [2.24, 2.45) is 5.92 Å². The van der Waals surface area contributed by atoms with Gasteiger partial charge < -0.3 is 204 Å². The Morgan fingerprint density at radius 2 is 0.817 bits per heavy atom. The summed E-state index contributed by atoms with van der Waals surface area (Å²) in [4.78, 5) is 49.9. The van der Waals surface area contributed by atoms with Crippen LogP contribution in [0.5, 0.6) is 0 Å². The lowest BCUT2D eigenvalue weighted by atomic mass is 9.87. The third-order valence-corrected chi connectivity index (χ3v) is 19.3. The molecule has 8 aliphatic heterocycles. The highest BCUT2D eigenvalue weighted by molar-refractivity contribution is 5.74. The first-order valence-corrected chi connectivity index (χ1v) is 33.4. The van der Waals surface area contributed by atoms with Gasteiger partial charge in [-0.05, 0) is 6.92 Å². The second-order valence-corrected chi connectivity index (χ2v) is 26.6. The van der Waals surface area contributed by atoms with Gasteiger partial charge in [0.2, 0.25) is 17.7 Å². The fraction of sp³-hybridized carbons (Fsp3) is 0.932. The summed E-state index contributed by atoms with van der Waals surface area (Å²) in [5, 5.41) is 251. The molecule has 0 spiro atoms. The van der Waals surface area contributed by atoms with Crippen molar-refractivity contribution in [3.63, 3.8) is 0 Å². The van der Waals surface area contributed by atoms with Gasteiger partial charge in [0, 0.05) is 26.7 Å². The standard InChI is InChI=1S/C59H99N3O42/c1-16-21(74)6-59(90-15-70,103-46(16)33(76)22(75)7-63)104-51-36(79)25(10-66)93-57(45(51)88)100-49-28(13-69)96-54(32(40(49)83)62-20(5)73)102-52-42(85)35(78)24(9-65)94-58(52)89-14-29-37(80)50(101-55-43(86)41(84)34(77)23(8-64)92-55)44(87)56(97-29)99-48-27(12-68)95-53(31(39(48)82)61-19(4)72)98-47-26(11-67)91-17(2)30(38(47)81)60-18(3)71/h15-17,21-58,63-69,74-88H,6-14H2,1-5H3,(H,60,71)(H,61,72)(H,62,73)/t16-,17+,21-,22-,23?,24?,25?,26?,27?,28+,29?,30?,31?,32?,33+,34-,35-,36+,37-,38-,39-,40?,41?,42+,43?,44?,45?,46?,47-,48-,49-,50+,51+,52?,53+,54+,55-,56+,57+,58+,59+/m1/s1. The van der Waals surface area contributed by atoms with Crippen molar-refractivity contribution < 1.29 is 207 Å². The van der Waals surface area contributed by atoms with Crippen LogP contribution >= 0.6 is 0 Å². The van der Waals surface area contributed by atoms with Crippen molar-refractivity contribution in [3.05, 3.63) is 0 Å². The summed E-state index contributed by atoms with van der Waals surface area (Å²) >= 11 is 0. The van der Waals surface area contributed by atoms with E-state index >= 15 is 0 Å². The van der Waals surface area contributed by atoms with Crippen molar-refractivity contribution in [1.29, 1.82) is 0 Å². The Labute approximate surface area is 590 Å². The third kappa shape index (κ3) is 18.9. The molecule has 0 bridgehead atoms. The molecule has 0 aromatic carbocycles. The van der Waals surface area contributed by atoms with E-state index in [2.05, 4.69) is 16.0 Å². The van der Waals surface area contributed by atoms with Gasteiger partial charge in [-0.2, -0.15) is 0 Å². The number of nitrogens with one attached hydrogen (secondary N) is 3. The highest BCUT2D eigenvalue weighted by atomic mass is 16.9. The third-order valence-electron chi connectivity index (χ3n) is 19.3. The lowest BCUT2D eigenvalue weighted by Gasteiger charge is -2.51. The number of aliphatic hydroxyl groups is 22. The van der Waals surface area contributed by atoms with Crippen LogP contribution < -0.4 is 16.0 Å². The van der Waals surface area contributed by atoms with E-state index < -0.39 is 328 Å². The van der Waals surface area contributed by atoms with E-state index in [4.69, 9.17) is 75.8 Å². The summed E-state index contributed by atoms with van der Waals surface area (Å²) in [6.45, 7) is -2.68. The predicted molar refractivity (Wildman–Crippen MR) is 323 cm³/mol. The Morgan fingerprint density at radius 3 is 1.30 bits per heavy atom. The van der Waals surface area contributed by atoms with E-state index in [9.17, 15) is 132 Å². The van der Waals surface area contributed by atoms with E-state index in [0.29, 0.717) is 0 Å². The maximum atomic E-state index is 13.0. The molecule has 8 aliphatic rings. The smallest absolute Gasteiger partial charge is 0.332 e. The summed E-state index contributed by atoms with van der Waals surface area (Å²) in [6, 6.07) is -4.89. The number of carbonyl (C=O) groups excluding carboxylic acids is 4. The van der Waals surface area contributed by atoms with E-state index in [1.807, 2.05) is 0 Å². The Morgan fingerprint density at radius 1 is 0.433 bits per heavy atom. The Hall–Kier alpha value is -3.60. The number of ether oxygens (including phenoxy) is 16. The Balaban J connectivity index is 1.06. The van der Waals surface area contributed by atoms with Gasteiger partial charge in [-0.3, -0.25) is 19.2 Å². The molecule has 0 aromatic heterocycles. The Kier molecular flexibility index (Phi) is 30.9. The summed E-state index contributed by atoms with van der Waals surface area (Å²) in [5.41, 5.74) is 0. The lowest BCUT2D eigenvalue weighted by molar-refractivity contribution is -0.448. The molecule has 0 aromatic rings. The topological polar surface area (TPSA) is 697 Å². The number of hydrogen-bond donors (Lipinski definition) is 25. The van der Waals surface area contributed by atoms with Crippen molar-refractivity contribution >= 4 is 24.2 Å². The van der Waals surface area contributed by atoms with Gasteiger partial charge in [-0.1, -0.05) is 6.92 Å². The van der Waals surface area contributed by atoms with Crippen LogP contribution in [0.15, 0.2) is 0 Å². The van der Waals surface area contributed by atoms with Crippen molar-refractivity contribution in [1.82, 2.24) is 16.0 Å². The second-order valence-electron chi connectivity index (χ2n) is 26.6. The van der Waals surface area contributed by atoms with E-state index in [1.165, 1.54) is 13.8 Å². The van der Waals surface area contributed by atoms with Gasteiger partial charge >= 0.3 is 5.97 Å². The zero-order chi connectivity index (χ0) is 76.8. The first-order chi connectivity index (χ1) is 49.2. The molecule has 8 heterocycles. The SMILES string of the molecule is CC(=O)NC1C(O)[C@H](O[C@@H]2OC(CO)[C@H](O)[C@H](O[C@]3(OC=O)C[C@@H](O)[C@@H](C)C([C@@H](O)[C@H](O)CO)O3)C2O)[C@H](CO)O[C@H]1OC1[C@@H](OCC2O[C@@H](O[C@@H]3C(CO)O[C@@H](O[C@@H]4C(CO)O[C@@H](C)C(NC(C)=O)[C@H]4O)C(NC(C)=O)[C@H]3O)C(O)[C@@H](O[C@H]3OC(CO)[C@@H](O)C(O)C3O)[C@@H]2O)OC(CO)[C@@H](O)[C@@H]1O. The second kappa shape index (κ2) is 37.4. The monoisotopic (exact) mass is 1520 g/mol. The number of hydrogen-bond acceptors (Lipinski definition) is 42. The predicted octanol–water partition coefficient (Wildman–Crippen LogP) is -16.4. The fourth-order valence-corrected chi connectivity index (χ4v) is 13.7. The summed E-state index contributed by atoms with van der Waals surface area (Å²) in [7, 11) is 0. The molecule has 602 valence electrons. The average Bonchev–Trinajstić information content (AvgIpc) is 0.762. The molecule has 104 heavy (non-hydrogen) atoms. The minimum Gasteiger partial charge on any atom is -0.410 e. The first-order valence-electron chi connectivity index (χ1n) is 33.4. The van der Waals surface area contributed by atoms with Crippen LogP contribution in [0, 0.1) is 5.92 Å². The number of amides is 3. The highest BCUT2D eigenvalue weighted by Crippen LogP contribution is 2.42. The van der Waals surface area contributed by atoms with Gasteiger partial charge in [-0.15, -0.1) is 0 Å². The van der Waals surface area contributed by atoms with Crippen LogP contribution in [0.1, 0.15) is 41.0 Å². The van der Waals surface area contributed by atoms with Gasteiger partial charge in [0.25, 0.3) is 6.47 Å². The van der Waals surface area contributed by atoms with Crippen LogP contribution in [0.25, 0.3) is 0 Å². The normalized spacial score (nSPS) is 47.9. The molecule has 25 N–H and O–H groups in total. The average molecular weight is 1520 g/mol. The van der Waals surface area contributed by atoms with Gasteiger partial charge in [-0.25, -0.2) is 0 Å². The van der Waals surface area contributed by atoms with Gasteiger partial charge in [0.15, 0.2) is 37.7 Å². The number of aliphatic hydroxyl groups excluding tert-OH is 22.